The second kappa shape index (κ2) is 8.90. The van der Waals surface area contributed by atoms with Crippen molar-refractivity contribution in [1.29, 1.82) is 0 Å². The van der Waals surface area contributed by atoms with Crippen molar-refractivity contribution in [2.24, 2.45) is 5.92 Å². The molecule has 0 saturated carbocycles. The molecule has 0 spiro atoms. The van der Waals surface area contributed by atoms with Gasteiger partial charge in [-0.1, -0.05) is 0 Å². The number of rotatable bonds is 8. The highest BCUT2D eigenvalue weighted by Crippen LogP contribution is 2.03. The molecule has 0 aromatic heterocycles. The van der Waals surface area contributed by atoms with Gasteiger partial charge < -0.3 is 15.5 Å². The lowest BCUT2D eigenvalue weighted by Crippen LogP contribution is -2.25. The van der Waals surface area contributed by atoms with Crippen LogP contribution in [0.15, 0.2) is 0 Å². The first-order valence-electron chi connectivity index (χ1n) is 4.79. The lowest BCUT2D eigenvalue weighted by molar-refractivity contribution is -0.121. The molecule has 84 valence electrons. The molecule has 5 heteroatoms. The molecule has 1 amide bonds. The number of alkyl halides is 1. The number of carbonyl (C=O) groups is 1. The molecular weight excluding hydrogens is 189 g/mol. The average molecular weight is 207 g/mol. The third-order valence-corrected chi connectivity index (χ3v) is 1.95. The molecule has 0 radical (unpaired) electrons. The normalized spacial score (nSPS) is 10.6. The Morgan fingerprint density at radius 2 is 2.00 bits per heavy atom. The van der Waals surface area contributed by atoms with Crippen molar-refractivity contribution in [3.63, 3.8) is 0 Å². The summed E-state index contributed by atoms with van der Waals surface area (Å²) in [6, 6.07) is 0. The molecule has 0 aliphatic rings. The second-order valence-electron chi connectivity index (χ2n) is 3.16. The SMILES string of the molecule is O=C(CCF)NCCCC(CO)CO. The van der Waals surface area contributed by atoms with Crippen molar-refractivity contribution >= 4 is 5.91 Å². The Balaban J connectivity index is 3.32. The van der Waals surface area contributed by atoms with Crippen LogP contribution in [-0.2, 0) is 4.79 Å². The Bertz CT molecular complexity index is 151. The molecule has 0 heterocycles. The van der Waals surface area contributed by atoms with E-state index in [0.29, 0.717) is 19.4 Å². The second-order valence-corrected chi connectivity index (χ2v) is 3.16. The summed E-state index contributed by atoms with van der Waals surface area (Å²) in [5.41, 5.74) is 0. The van der Waals surface area contributed by atoms with E-state index >= 15 is 0 Å². The van der Waals surface area contributed by atoms with Crippen molar-refractivity contribution in [2.75, 3.05) is 26.4 Å². The number of hydrogen-bond donors (Lipinski definition) is 3. The van der Waals surface area contributed by atoms with Gasteiger partial charge >= 0.3 is 0 Å². The standard InChI is InChI=1S/C9H18FNO3/c10-4-3-9(14)11-5-1-2-8(6-12)7-13/h8,12-13H,1-7H2,(H,11,14). The zero-order valence-electron chi connectivity index (χ0n) is 8.21. The maximum Gasteiger partial charge on any atom is 0.222 e. The smallest absolute Gasteiger partial charge is 0.222 e. The summed E-state index contributed by atoms with van der Waals surface area (Å²) in [5.74, 6) is -0.412. The van der Waals surface area contributed by atoms with Gasteiger partial charge in [-0.3, -0.25) is 9.18 Å². The van der Waals surface area contributed by atoms with Gasteiger partial charge in [0, 0.05) is 25.7 Å². The van der Waals surface area contributed by atoms with Crippen LogP contribution in [0.4, 0.5) is 4.39 Å². The largest absolute Gasteiger partial charge is 0.396 e. The highest BCUT2D eigenvalue weighted by Gasteiger charge is 2.05. The highest BCUT2D eigenvalue weighted by molar-refractivity contribution is 5.75. The van der Waals surface area contributed by atoms with E-state index in [0.717, 1.165) is 0 Å². The van der Waals surface area contributed by atoms with Crippen LogP contribution in [-0.4, -0.2) is 42.6 Å². The number of halogens is 1. The Morgan fingerprint density at radius 3 is 2.50 bits per heavy atom. The summed E-state index contributed by atoms with van der Waals surface area (Å²) in [6.07, 6.45) is 1.25. The first kappa shape index (κ1) is 13.3. The third kappa shape index (κ3) is 6.80. The molecule has 3 N–H and O–H groups in total. The van der Waals surface area contributed by atoms with E-state index in [4.69, 9.17) is 10.2 Å². The quantitative estimate of drug-likeness (QED) is 0.484. The summed E-state index contributed by atoms with van der Waals surface area (Å²) in [4.78, 5) is 10.8. The molecule has 0 unspecified atom stereocenters. The van der Waals surface area contributed by atoms with Crippen molar-refractivity contribution in [3.8, 4) is 0 Å². The Kier molecular flexibility index (Phi) is 8.47. The van der Waals surface area contributed by atoms with E-state index in [-0.39, 0.29) is 31.5 Å². The van der Waals surface area contributed by atoms with Crippen LogP contribution < -0.4 is 5.32 Å². The molecule has 0 aliphatic carbocycles. The molecular formula is C9H18FNO3. The van der Waals surface area contributed by atoms with Crippen LogP contribution in [0.25, 0.3) is 0 Å². The number of hydrogen-bond acceptors (Lipinski definition) is 3. The Hall–Kier alpha value is -0.680. The Morgan fingerprint density at radius 1 is 1.36 bits per heavy atom. The molecule has 0 bridgehead atoms. The Labute approximate surface area is 83.1 Å². The fourth-order valence-electron chi connectivity index (χ4n) is 1.03. The van der Waals surface area contributed by atoms with E-state index in [2.05, 4.69) is 5.32 Å². The van der Waals surface area contributed by atoms with E-state index < -0.39 is 6.67 Å². The minimum Gasteiger partial charge on any atom is -0.396 e. The highest BCUT2D eigenvalue weighted by atomic mass is 19.1. The molecule has 0 aromatic carbocycles. The minimum atomic E-state index is -0.637. The molecule has 0 atom stereocenters. The first-order chi connectivity index (χ1) is 6.74. The topological polar surface area (TPSA) is 69.6 Å². The maximum atomic E-state index is 11.7. The van der Waals surface area contributed by atoms with Gasteiger partial charge in [-0.15, -0.1) is 0 Å². The van der Waals surface area contributed by atoms with Crippen molar-refractivity contribution in [2.45, 2.75) is 19.3 Å². The lowest BCUT2D eigenvalue weighted by Gasteiger charge is -2.10. The van der Waals surface area contributed by atoms with Crippen molar-refractivity contribution in [1.82, 2.24) is 5.32 Å². The fraction of sp³-hybridized carbons (Fsp3) is 0.889. The van der Waals surface area contributed by atoms with E-state index in [1.165, 1.54) is 0 Å². The van der Waals surface area contributed by atoms with Gasteiger partial charge in [-0.2, -0.15) is 0 Å². The summed E-state index contributed by atoms with van der Waals surface area (Å²) in [5, 5.41) is 20.0. The number of aliphatic hydroxyl groups is 2. The van der Waals surface area contributed by atoms with Gasteiger partial charge in [0.25, 0.3) is 0 Å². The fourth-order valence-corrected chi connectivity index (χ4v) is 1.03. The molecule has 0 aliphatic heterocycles. The lowest BCUT2D eigenvalue weighted by atomic mass is 10.1. The minimum absolute atomic E-state index is 0.0467. The van der Waals surface area contributed by atoms with Gasteiger partial charge in [0.05, 0.1) is 13.1 Å². The predicted molar refractivity (Wildman–Crippen MR) is 50.5 cm³/mol. The van der Waals surface area contributed by atoms with Crippen LogP contribution in [0.2, 0.25) is 0 Å². The molecule has 14 heavy (non-hydrogen) atoms. The third-order valence-electron chi connectivity index (χ3n) is 1.95. The number of carbonyl (C=O) groups excluding carboxylic acids is 1. The van der Waals surface area contributed by atoms with Crippen LogP contribution in [0.1, 0.15) is 19.3 Å². The summed E-state index contributed by atoms with van der Waals surface area (Å²) in [6.45, 7) is -0.263. The molecule has 0 saturated heterocycles. The molecule has 4 nitrogen and oxygen atoms in total. The average Bonchev–Trinajstić information content (AvgIpc) is 2.19. The zero-order chi connectivity index (χ0) is 10.8. The van der Waals surface area contributed by atoms with E-state index in [9.17, 15) is 9.18 Å². The van der Waals surface area contributed by atoms with Gasteiger partial charge in [-0.05, 0) is 12.8 Å². The first-order valence-corrected chi connectivity index (χ1v) is 4.79. The predicted octanol–water partition coefficient (Wildman–Crippen LogP) is -0.157. The van der Waals surface area contributed by atoms with E-state index in [1.54, 1.807) is 0 Å². The molecule has 0 rings (SSSR count). The number of amides is 1. The molecule has 0 fully saturated rings. The van der Waals surface area contributed by atoms with Gasteiger partial charge in [0.1, 0.15) is 0 Å². The van der Waals surface area contributed by atoms with Crippen LogP contribution in [0.3, 0.4) is 0 Å². The van der Waals surface area contributed by atoms with E-state index in [1.807, 2.05) is 0 Å². The van der Waals surface area contributed by atoms with Crippen LogP contribution in [0, 0.1) is 5.92 Å². The summed E-state index contributed by atoms with van der Waals surface area (Å²) < 4.78 is 11.7. The monoisotopic (exact) mass is 207 g/mol. The number of nitrogens with one attached hydrogen (secondary N) is 1. The summed E-state index contributed by atoms with van der Waals surface area (Å²) in [7, 11) is 0. The molecule has 0 aromatic rings. The maximum absolute atomic E-state index is 11.7. The zero-order valence-corrected chi connectivity index (χ0v) is 8.21. The van der Waals surface area contributed by atoms with Gasteiger partial charge in [-0.25, -0.2) is 0 Å². The van der Waals surface area contributed by atoms with Crippen LogP contribution in [0.5, 0.6) is 0 Å². The number of aliphatic hydroxyl groups excluding tert-OH is 2. The van der Waals surface area contributed by atoms with Gasteiger partial charge in [0.15, 0.2) is 0 Å². The van der Waals surface area contributed by atoms with Gasteiger partial charge in [0.2, 0.25) is 5.91 Å². The van der Waals surface area contributed by atoms with Crippen molar-refractivity contribution < 1.29 is 19.4 Å². The van der Waals surface area contributed by atoms with Crippen LogP contribution >= 0.6 is 0 Å². The summed E-state index contributed by atoms with van der Waals surface area (Å²) >= 11 is 0. The van der Waals surface area contributed by atoms with Crippen molar-refractivity contribution in [3.05, 3.63) is 0 Å².